The molecule has 1 fully saturated rings. The number of ketones is 1. The maximum atomic E-state index is 14.0. The highest BCUT2D eigenvalue weighted by atomic mass is 35.5. The highest BCUT2D eigenvalue weighted by Crippen LogP contribution is 2.42. The van der Waals surface area contributed by atoms with Crippen molar-refractivity contribution in [3.8, 4) is 17.2 Å². The van der Waals surface area contributed by atoms with Crippen molar-refractivity contribution in [1.29, 1.82) is 0 Å². The third kappa shape index (κ3) is 29.2. The van der Waals surface area contributed by atoms with Crippen molar-refractivity contribution in [1.82, 2.24) is 20.4 Å². The summed E-state index contributed by atoms with van der Waals surface area (Å²) >= 11 is 48.7. The van der Waals surface area contributed by atoms with Crippen LogP contribution in [0.1, 0.15) is 112 Å². The SMILES string of the molecule is CCCOc1ccc(C)cc1C.COC1C(=O)N(C(C(=O)Nc2cc(S(=O)(=O)Nc3ccccc3Cl)ccc2C)C(=O)N2CCc3ccccc32)C(=O)N1C.Cc1ccc(OC(C(=O)Nc2cc(C)ccc2Cl)C(=O)C(C)(C)C)cc1.Cc1ccc(OCC(=O)Nc2cccc(C(=O)NC3=NN(c4c(Cl)cc(Cl)cc4Cl)C(=O)C3)c2)c(C)c1.O=CNc1cccc(C(=O)NC2=NN(c3c(Cl)cc(Cl)cc3Cl)C(=O)C2)c1. The van der Waals surface area contributed by atoms with Gasteiger partial charge in [-0.1, -0.05) is 228 Å². The quantitative estimate of drug-likeness (QED) is 0.0150. The fraction of sp³-hybridized carbons (Fsp3) is 0.231. The first-order valence-electron chi connectivity index (χ1n) is 44.6. The molecule has 145 heavy (non-hydrogen) atoms. The van der Waals surface area contributed by atoms with Gasteiger partial charge in [-0.3, -0.25) is 62.4 Å². The van der Waals surface area contributed by atoms with Crippen LogP contribution < -0.4 is 65.8 Å². The molecule has 3 unspecified atom stereocenters. The second-order valence-corrected chi connectivity index (χ2v) is 39.3. The molecule has 15 rings (SSSR count). The van der Waals surface area contributed by atoms with E-state index in [1.807, 2.05) is 82.3 Å². The summed E-state index contributed by atoms with van der Waals surface area (Å²) in [5.41, 5.74) is 10.2. The lowest BCUT2D eigenvalue weighted by Gasteiger charge is -2.28. The van der Waals surface area contributed by atoms with E-state index >= 15 is 0 Å². The minimum Gasteiger partial charge on any atom is -0.493 e. The summed E-state index contributed by atoms with van der Waals surface area (Å²) < 4.78 is 50.8. The Bertz CT molecular complexity index is 6990. The Morgan fingerprint density at radius 3 is 1.57 bits per heavy atom. The van der Waals surface area contributed by atoms with E-state index in [-0.39, 0.29) is 113 Å². The number of urea groups is 1. The van der Waals surface area contributed by atoms with Gasteiger partial charge in [-0.2, -0.15) is 20.2 Å². The molecule has 0 bridgehead atoms. The highest BCUT2D eigenvalue weighted by Gasteiger charge is 2.53. The zero-order valence-corrected chi connectivity index (χ0v) is 87.3. The number of rotatable bonds is 26. The number of nitrogens with one attached hydrogen (secondary N) is 7. The van der Waals surface area contributed by atoms with Crippen molar-refractivity contribution >= 4 is 231 Å². The molecule has 0 aliphatic carbocycles. The van der Waals surface area contributed by atoms with Crippen LogP contribution in [0, 0.1) is 53.9 Å². The number of aryl methyl sites for hydroxylation is 7. The molecule has 0 radical (unpaired) electrons. The third-order valence-electron chi connectivity index (χ3n) is 21.9. The fourth-order valence-electron chi connectivity index (χ4n) is 14.6. The van der Waals surface area contributed by atoms with Crippen LogP contribution in [0.3, 0.4) is 0 Å². The van der Waals surface area contributed by atoms with Gasteiger partial charge in [0.2, 0.25) is 18.7 Å². The Labute approximate surface area is 877 Å². The molecule has 32 nitrogen and oxygen atoms in total. The summed E-state index contributed by atoms with van der Waals surface area (Å²) in [6, 6.07) is 57.6. The lowest BCUT2D eigenvalue weighted by Crippen LogP contribution is -2.57. The number of nitrogens with zero attached hydrogens (tertiary/aromatic N) is 7. The second kappa shape index (κ2) is 50.0. The predicted molar refractivity (Wildman–Crippen MR) is 565 cm³/mol. The number of hydrogen-bond donors (Lipinski definition) is 7. The Hall–Kier alpha value is -14.0. The number of amidine groups is 2. The molecule has 1 saturated heterocycles. The van der Waals surface area contributed by atoms with Crippen molar-refractivity contribution in [2.45, 2.75) is 125 Å². The van der Waals surface area contributed by atoms with E-state index in [2.05, 4.69) is 79.7 Å². The number of Topliss-reactive ketones (excluding diaryl/α,β-unsaturated/α-hetero) is 1. The maximum Gasteiger partial charge on any atom is 0.330 e. The molecule has 7 N–H and O–H groups in total. The third-order valence-corrected chi connectivity index (χ3v) is 25.5. The van der Waals surface area contributed by atoms with Gasteiger partial charge < -0.3 is 55.7 Å². The molecule has 756 valence electrons. The molecule has 4 aliphatic rings. The molecule has 4 aliphatic heterocycles. The number of sulfonamides is 1. The van der Waals surface area contributed by atoms with Crippen molar-refractivity contribution in [3.63, 3.8) is 0 Å². The summed E-state index contributed by atoms with van der Waals surface area (Å²) in [6.07, 6.45) is -0.792. The van der Waals surface area contributed by atoms with Crippen LogP contribution in [-0.4, -0.2) is 154 Å². The summed E-state index contributed by atoms with van der Waals surface area (Å²) in [4.78, 5) is 156. The molecule has 4 heterocycles. The zero-order valence-electron chi connectivity index (χ0n) is 80.5. The first-order valence-corrected chi connectivity index (χ1v) is 49.1. The number of halogens is 8. The van der Waals surface area contributed by atoms with Crippen molar-refractivity contribution in [3.05, 3.63) is 314 Å². The van der Waals surface area contributed by atoms with Crippen LogP contribution in [-0.2, 0) is 64.3 Å². The van der Waals surface area contributed by atoms with E-state index in [4.69, 9.17) is 112 Å². The number of fused-ring (bicyclic) bond motifs is 1. The number of anilines is 8. The number of carbonyl (C=O) groups is 12. The molecule has 11 aromatic rings. The Morgan fingerprint density at radius 1 is 0.517 bits per heavy atom. The first kappa shape index (κ1) is 111. The Kier molecular flexibility index (Phi) is 38.4. The number of benzene rings is 11. The number of likely N-dealkylation sites (N-methyl/N-ethyl adjacent to an activating group) is 1. The number of amides is 12. The number of methoxy groups -OCH3 is 1. The molecule has 0 aromatic heterocycles. The number of carbonyl (C=O) groups excluding carboxylic acids is 12. The fourth-order valence-corrected chi connectivity index (χ4v) is 18.1. The van der Waals surface area contributed by atoms with Crippen LogP contribution in [0.5, 0.6) is 17.2 Å². The van der Waals surface area contributed by atoms with Gasteiger partial charge in [0.25, 0.3) is 63.2 Å². The van der Waals surface area contributed by atoms with Crippen molar-refractivity contribution in [2.75, 3.05) is 74.8 Å². The maximum absolute atomic E-state index is 14.0. The molecule has 0 spiro atoms. The molecule has 3 atom stereocenters. The molecular formula is C104H100Cl8N14O18S. The predicted octanol–water partition coefficient (Wildman–Crippen LogP) is 20.7. The molecule has 41 heteroatoms. The van der Waals surface area contributed by atoms with Gasteiger partial charge in [-0.05, 0) is 217 Å². The van der Waals surface area contributed by atoms with E-state index in [9.17, 15) is 66.0 Å². The van der Waals surface area contributed by atoms with Crippen LogP contribution in [0.25, 0.3) is 0 Å². The topological polar surface area (TPSA) is 401 Å². The van der Waals surface area contributed by atoms with E-state index in [0.717, 1.165) is 61.5 Å². The Morgan fingerprint density at radius 2 is 1.03 bits per heavy atom. The molecular weight excluding hydrogens is 2050 g/mol. The monoisotopic (exact) mass is 2140 g/mol. The lowest BCUT2D eigenvalue weighted by molar-refractivity contribution is -0.146. The normalized spacial score (nSPS) is 13.9. The lowest BCUT2D eigenvalue weighted by atomic mass is 9.87. The van der Waals surface area contributed by atoms with Gasteiger partial charge in [-0.25, -0.2) is 18.1 Å². The number of imide groups is 1. The minimum atomic E-state index is -4.15. The van der Waals surface area contributed by atoms with Crippen molar-refractivity contribution < 1.29 is 84.9 Å². The average molecular weight is 2150 g/mol. The highest BCUT2D eigenvalue weighted by molar-refractivity contribution is 7.92. The van der Waals surface area contributed by atoms with Gasteiger partial charge >= 0.3 is 6.03 Å². The number of hydrazone groups is 2. The van der Waals surface area contributed by atoms with Crippen LogP contribution >= 0.6 is 92.8 Å². The van der Waals surface area contributed by atoms with E-state index < -0.39 is 87.1 Å². The zero-order chi connectivity index (χ0) is 106. The van der Waals surface area contributed by atoms with E-state index in [0.29, 0.717) is 72.6 Å². The van der Waals surface area contributed by atoms with Crippen LogP contribution in [0.2, 0.25) is 40.2 Å². The number of para-hydroxylation sites is 2. The summed E-state index contributed by atoms with van der Waals surface area (Å²) in [6.45, 7) is 21.8. The number of ether oxygens (including phenoxy) is 4. The minimum absolute atomic E-state index is 0.0578. The van der Waals surface area contributed by atoms with Crippen molar-refractivity contribution in [2.24, 2.45) is 15.6 Å². The molecule has 12 amide bonds. The van der Waals surface area contributed by atoms with Crippen LogP contribution in [0.4, 0.5) is 50.3 Å². The summed E-state index contributed by atoms with van der Waals surface area (Å²) in [5.74, 6) is -3.37. The molecule has 11 aromatic carbocycles. The van der Waals surface area contributed by atoms with Crippen LogP contribution in [0.15, 0.2) is 233 Å². The van der Waals surface area contributed by atoms with E-state index in [1.54, 1.807) is 113 Å². The van der Waals surface area contributed by atoms with Gasteiger partial charge in [0, 0.05) is 70.0 Å². The first-order chi connectivity index (χ1) is 68.7. The number of hydrogen-bond acceptors (Lipinski definition) is 20. The van der Waals surface area contributed by atoms with Gasteiger partial charge in [0.1, 0.15) is 40.3 Å². The Balaban J connectivity index is 0.000000180. The van der Waals surface area contributed by atoms with Gasteiger partial charge in [-0.15, -0.1) is 0 Å². The van der Waals surface area contributed by atoms with Gasteiger partial charge in [0.15, 0.2) is 18.4 Å². The second-order valence-electron chi connectivity index (χ2n) is 34.3. The summed E-state index contributed by atoms with van der Waals surface area (Å²) in [5, 5.41) is 27.8. The summed E-state index contributed by atoms with van der Waals surface area (Å²) in [7, 11) is -1.59. The smallest absolute Gasteiger partial charge is 0.330 e. The van der Waals surface area contributed by atoms with Gasteiger partial charge in [0.05, 0.1) is 65.9 Å². The average Bonchev–Trinajstić information content (AvgIpc) is 1.61. The van der Waals surface area contributed by atoms with E-state index in [1.165, 1.54) is 96.9 Å². The standard InChI is InChI=1S/C29H28ClN5O7S.C26H21Cl3N4O4.C21H24ClNO3.C17H11Cl3N4O3.C11H16O/c1-17-12-13-19(43(40,41)32-21-10-6-5-9-20(21)30)16-22(17)31-25(36)24(35-27(38)28(42-3)33(2)29(35)39)26(37)34-15-14-18-8-4-7-11-23(18)34;1-14-6-7-21(15(2)8-14)37-13-23(34)30-18-5-3-4-16(9-18)26(36)31-22-12-24(35)33(32-22)25-19(28)10-17(27)11-20(25)29;1-13-6-9-15(10-7-13)26-18(19(24)21(3,4)5)20(25)23-17-12-14(2)8-11-16(17)22;18-10-5-12(19)16(13(20)6-10)24-15(26)7-14(23-24)22-17(27)9-2-1-3-11(4-9)21-8-25;1-4-7-12-11-6-5-9(2)8-10(11)3/h4-13,16,24,28,32H,14-15H2,1-3H3,(H,31,36);3-11H,12-13H2,1-2H3,(H,30,34)(H,31,32,36);6-12,18H,1-5H3,(H,23,25);1-6,8H,7H2,(H,21,25)(H,22,23,27);5-6,8H,4,7H2,1-3H3. The molecule has 0 saturated carbocycles. The largest absolute Gasteiger partial charge is 0.493 e.